The fourth-order valence-corrected chi connectivity index (χ4v) is 2.06. The molecule has 0 unspecified atom stereocenters. The van der Waals surface area contributed by atoms with E-state index in [1.54, 1.807) is 0 Å². The molecule has 0 spiro atoms. The summed E-state index contributed by atoms with van der Waals surface area (Å²) in [6.45, 7) is 0. The first-order chi connectivity index (χ1) is 7.61. The molecule has 2 rings (SSSR count). The summed E-state index contributed by atoms with van der Waals surface area (Å²) in [5, 5.41) is 2.61. The molecule has 0 saturated heterocycles. The highest BCUT2D eigenvalue weighted by Gasteiger charge is 2.06. The maximum absolute atomic E-state index is 2.18. The van der Waals surface area contributed by atoms with Gasteiger partial charge in [-0.3, -0.25) is 0 Å². The third-order valence-corrected chi connectivity index (χ3v) is 2.84. The summed E-state index contributed by atoms with van der Waals surface area (Å²) in [5.41, 5.74) is 2.53. The molecule has 0 aliphatic heterocycles. The predicted molar refractivity (Wildman–Crippen MR) is 72.6 cm³/mol. The Balaban J connectivity index is 2.76. The topological polar surface area (TPSA) is 6.48 Å². The molecular weight excluding hydrogens is 196 g/mol. The normalized spacial score (nSPS) is 10.5. The first-order valence-electron chi connectivity index (χ1n) is 5.47. The minimum Gasteiger partial charge on any atom is -0.377 e. The van der Waals surface area contributed by atoms with Gasteiger partial charge in [0.25, 0.3) is 0 Å². The van der Waals surface area contributed by atoms with Gasteiger partial charge in [-0.15, -0.1) is 0 Å². The Morgan fingerprint density at radius 1 is 0.625 bits per heavy atom. The van der Waals surface area contributed by atoms with Gasteiger partial charge < -0.3 is 9.80 Å². The van der Waals surface area contributed by atoms with Crippen molar-refractivity contribution >= 4 is 22.1 Å². The van der Waals surface area contributed by atoms with Crippen molar-refractivity contribution in [3.05, 3.63) is 36.4 Å². The molecule has 2 heteroatoms. The van der Waals surface area contributed by atoms with Gasteiger partial charge in [-0.2, -0.15) is 0 Å². The SMILES string of the molecule is CN(C)c1cccc2c(N(C)C)cccc12. The summed E-state index contributed by atoms with van der Waals surface area (Å²) >= 11 is 0. The second kappa shape index (κ2) is 4.05. The Kier molecular flexibility index (Phi) is 2.73. The minimum atomic E-state index is 1.27. The van der Waals surface area contributed by atoms with E-state index in [4.69, 9.17) is 0 Å². The quantitative estimate of drug-likeness (QED) is 0.758. The molecule has 0 amide bonds. The van der Waals surface area contributed by atoms with Crippen LogP contribution in [-0.4, -0.2) is 28.2 Å². The van der Waals surface area contributed by atoms with Gasteiger partial charge >= 0.3 is 0 Å². The van der Waals surface area contributed by atoms with E-state index in [-0.39, 0.29) is 0 Å². The Labute approximate surface area is 97.1 Å². The fourth-order valence-electron chi connectivity index (χ4n) is 2.06. The summed E-state index contributed by atoms with van der Waals surface area (Å²) in [6.07, 6.45) is 0. The van der Waals surface area contributed by atoms with E-state index in [9.17, 15) is 0 Å². The van der Waals surface area contributed by atoms with Gasteiger partial charge in [0.05, 0.1) is 0 Å². The lowest BCUT2D eigenvalue weighted by atomic mass is 10.1. The maximum Gasteiger partial charge on any atom is 0.0441 e. The van der Waals surface area contributed by atoms with E-state index in [1.165, 1.54) is 22.1 Å². The zero-order chi connectivity index (χ0) is 11.7. The van der Waals surface area contributed by atoms with Gasteiger partial charge in [-0.25, -0.2) is 0 Å². The van der Waals surface area contributed by atoms with Crippen molar-refractivity contribution < 1.29 is 0 Å². The minimum absolute atomic E-state index is 1.27. The second-order valence-corrected chi connectivity index (χ2v) is 4.44. The van der Waals surface area contributed by atoms with Crippen molar-refractivity contribution in [1.29, 1.82) is 0 Å². The molecule has 0 aromatic heterocycles. The number of hydrogen-bond acceptors (Lipinski definition) is 2. The molecular formula is C14H18N2. The van der Waals surface area contributed by atoms with Crippen molar-refractivity contribution in [2.45, 2.75) is 0 Å². The Morgan fingerprint density at radius 2 is 1.00 bits per heavy atom. The van der Waals surface area contributed by atoms with Crippen LogP contribution in [0.3, 0.4) is 0 Å². The number of anilines is 2. The van der Waals surface area contributed by atoms with Crippen LogP contribution in [0.4, 0.5) is 11.4 Å². The molecule has 2 aromatic rings. The van der Waals surface area contributed by atoms with Gasteiger partial charge in [0, 0.05) is 50.3 Å². The Hall–Kier alpha value is -1.70. The molecule has 0 saturated carbocycles. The van der Waals surface area contributed by atoms with Crippen molar-refractivity contribution in [3.8, 4) is 0 Å². The number of rotatable bonds is 2. The summed E-state index contributed by atoms with van der Waals surface area (Å²) in [6, 6.07) is 12.9. The highest BCUT2D eigenvalue weighted by Crippen LogP contribution is 2.31. The first kappa shape index (κ1) is 10.8. The number of benzene rings is 2. The highest BCUT2D eigenvalue weighted by atomic mass is 15.1. The lowest BCUT2D eigenvalue weighted by molar-refractivity contribution is 1.13. The zero-order valence-electron chi connectivity index (χ0n) is 10.4. The van der Waals surface area contributed by atoms with Crippen LogP contribution in [-0.2, 0) is 0 Å². The molecule has 0 N–H and O–H groups in total. The van der Waals surface area contributed by atoms with Crippen LogP contribution in [0.5, 0.6) is 0 Å². The lowest BCUT2D eigenvalue weighted by Crippen LogP contribution is -2.11. The van der Waals surface area contributed by atoms with Crippen LogP contribution >= 0.6 is 0 Å². The molecule has 2 aromatic carbocycles. The second-order valence-electron chi connectivity index (χ2n) is 4.44. The standard InChI is InChI=1S/C14H18N2/c1-15(2)13-9-5-8-12-11(13)7-6-10-14(12)16(3)4/h5-10H,1-4H3. The van der Waals surface area contributed by atoms with E-state index in [0.717, 1.165) is 0 Å². The van der Waals surface area contributed by atoms with Crippen LogP contribution in [0, 0.1) is 0 Å². The van der Waals surface area contributed by atoms with Crippen LogP contribution < -0.4 is 9.80 Å². The lowest BCUT2D eigenvalue weighted by Gasteiger charge is -2.19. The van der Waals surface area contributed by atoms with E-state index in [0.29, 0.717) is 0 Å². The molecule has 0 heterocycles. The van der Waals surface area contributed by atoms with Crippen LogP contribution in [0.15, 0.2) is 36.4 Å². The molecule has 0 atom stereocenters. The van der Waals surface area contributed by atoms with Gasteiger partial charge in [0.2, 0.25) is 0 Å². The summed E-state index contributed by atoms with van der Waals surface area (Å²) in [4.78, 5) is 4.31. The number of hydrogen-bond donors (Lipinski definition) is 0. The predicted octanol–water partition coefficient (Wildman–Crippen LogP) is 2.97. The summed E-state index contributed by atoms with van der Waals surface area (Å²) < 4.78 is 0. The Bertz CT molecular complexity index is 454. The molecule has 16 heavy (non-hydrogen) atoms. The van der Waals surface area contributed by atoms with Crippen molar-refractivity contribution in [1.82, 2.24) is 0 Å². The third kappa shape index (κ3) is 1.71. The van der Waals surface area contributed by atoms with Crippen LogP contribution in [0.1, 0.15) is 0 Å². The average Bonchev–Trinajstić information content (AvgIpc) is 2.27. The molecule has 0 bridgehead atoms. The maximum atomic E-state index is 2.18. The fraction of sp³-hybridized carbons (Fsp3) is 0.286. The number of fused-ring (bicyclic) bond motifs is 1. The zero-order valence-corrected chi connectivity index (χ0v) is 10.4. The molecule has 84 valence electrons. The van der Waals surface area contributed by atoms with Crippen molar-refractivity contribution in [2.75, 3.05) is 38.0 Å². The van der Waals surface area contributed by atoms with E-state index >= 15 is 0 Å². The van der Waals surface area contributed by atoms with E-state index in [2.05, 4.69) is 74.4 Å². The van der Waals surface area contributed by atoms with Gasteiger partial charge in [0.15, 0.2) is 0 Å². The average molecular weight is 214 g/mol. The Morgan fingerprint density at radius 3 is 1.31 bits per heavy atom. The summed E-state index contributed by atoms with van der Waals surface area (Å²) in [5.74, 6) is 0. The van der Waals surface area contributed by atoms with E-state index < -0.39 is 0 Å². The summed E-state index contributed by atoms with van der Waals surface area (Å²) in [7, 11) is 8.32. The van der Waals surface area contributed by atoms with Gasteiger partial charge in [0.1, 0.15) is 0 Å². The van der Waals surface area contributed by atoms with E-state index in [1.807, 2.05) is 0 Å². The smallest absolute Gasteiger partial charge is 0.0441 e. The van der Waals surface area contributed by atoms with Gasteiger partial charge in [-0.1, -0.05) is 24.3 Å². The number of nitrogens with zero attached hydrogens (tertiary/aromatic N) is 2. The van der Waals surface area contributed by atoms with Gasteiger partial charge in [-0.05, 0) is 12.1 Å². The first-order valence-corrected chi connectivity index (χ1v) is 5.47. The monoisotopic (exact) mass is 214 g/mol. The molecule has 0 fully saturated rings. The molecule has 0 radical (unpaired) electrons. The molecule has 2 nitrogen and oxygen atoms in total. The third-order valence-electron chi connectivity index (χ3n) is 2.84. The van der Waals surface area contributed by atoms with Crippen LogP contribution in [0.2, 0.25) is 0 Å². The molecule has 0 aliphatic rings. The largest absolute Gasteiger partial charge is 0.377 e. The molecule has 0 aliphatic carbocycles. The highest BCUT2D eigenvalue weighted by molar-refractivity contribution is 6.01. The van der Waals surface area contributed by atoms with Crippen molar-refractivity contribution in [2.24, 2.45) is 0 Å². The van der Waals surface area contributed by atoms with Crippen LogP contribution in [0.25, 0.3) is 10.8 Å². The van der Waals surface area contributed by atoms with Crippen molar-refractivity contribution in [3.63, 3.8) is 0 Å².